The van der Waals surface area contributed by atoms with Crippen LogP contribution < -0.4 is 0 Å². The van der Waals surface area contributed by atoms with Crippen LogP contribution in [0.15, 0.2) is 54.6 Å². The summed E-state index contributed by atoms with van der Waals surface area (Å²) >= 11 is 0. The van der Waals surface area contributed by atoms with Crippen LogP contribution in [0.4, 0.5) is 4.39 Å². The first-order valence-electron chi connectivity index (χ1n) is 13.2. The highest BCUT2D eigenvalue weighted by Gasteiger charge is 2.22. The molecule has 1 fully saturated rings. The Bertz CT molecular complexity index is 1150. The summed E-state index contributed by atoms with van der Waals surface area (Å²) in [6.45, 7) is 4.13. The Kier molecular flexibility index (Phi) is 9.86. The number of halogens is 1. The van der Waals surface area contributed by atoms with E-state index in [0.29, 0.717) is 36.1 Å². The normalized spacial score (nSPS) is 17.8. The summed E-state index contributed by atoms with van der Waals surface area (Å²) in [7, 11) is 0. The van der Waals surface area contributed by atoms with E-state index < -0.39 is 0 Å². The predicted molar refractivity (Wildman–Crippen MR) is 140 cm³/mol. The number of hydrogen-bond donors (Lipinski definition) is 0. The van der Waals surface area contributed by atoms with Gasteiger partial charge in [0.05, 0.1) is 24.8 Å². The van der Waals surface area contributed by atoms with E-state index in [-0.39, 0.29) is 18.2 Å². The van der Waals surface area contributed by atoms with Gasteiger partial charge in [0, 0.05) is 18.4 Å². The minimum atomic E-state index is -0.220. The number of nitriles is 1. The lowest BCUT2D eigenvalue weighted by molar-refractivity contribution is -0.227. The number of hydrogen-bond acceptors (Lipinski definition) is 4. The van der Waals surface area contributed by atoms with Crippen LogP contribution in [0.3, 0.4) is 0 Å². The molecule has 0 spiro atoms. The summed E-state index contributed by atoms with van der Waals surface area (Å²) in [5.41, 5.74) is 3.60. The summed E-state index contributed by atoms with van der Waals surface area (Å²) in [4.78, 5) is 0. The molecule has 0 bridgehead atoms. The number of unbranched alkanes of at least 4 members (excludes halogenated alkanes) is 3. The van der Waals surface area contributed by atoms with E-state index in [1.807, 2.05) is 36.4 Å². The lowest BCUT2D eigenvalue weighted by Gasteiger charge is -2.29. The van der Waals surface area contributed by atoms with Gasteiger partial charge < -0.3 is 14.2 Å². The monoisotopic (exact) mass is 489 g/mol. The van der Waals surface area contributed by atoms with Gasteiger partial charge in [0.1, 0.15) is 11.9 Å². The molecule has 0 amide bonds. The minimum absolute atomic E-state index is 0.0256. The van der Waals surface area contributed by atoms with Crippen LogP contribution in [0.1, 0.15) is 61.3 Å². The van der Waals surface area contributed by atoms with Gasteiger partial charge in [0.25, 0.3) is 0 Å². The molecule has 1 saturated heterocycles. The Hall–Kier alpha value is -2.78. The molecule has 3 aromatic rings. The molecule has 1 aliphatic heterocycles. The Morgan fingerprint density at radius 1 is 0.917 bits per heavy atom. The number of aryl methyl sites for hydroxylation is 3. The van der Waals surface area contributed by atoms with Crippen molar-refractivity contribution in [2.24, 2.45) is 0 Å². The van der Waals surface area contributed by atoms with Crippen molar-refractivity contribution >= 4 is 10.8 Å². The summed E-state index contributed by atoms with van der Waals surface area (Å²) in [6, 6.07) is 19.4. The SMILES string of the molecule is CCCCCCOC1COC(CCc2ccc3c(F)c(CCc4ccc(C#N)cc4)ccc3c2)OC1. The lowest BCUT2D eigenvalue weighted by atomic mass is 9.98. The molecule has 5 heteroatoms. The van der Waals surface area contributed by atoms with Gasteiger partial charge in [-0.25, -0.2) is 4.39 Å². The van der Waals surface area contributed by atoms with Crippen molar-refractivity contribution in [3.8, 4) is 6.07 Å². The average molecular weight is 490 g/mol. The van der Waals surface area contributed by atoms with Crippen molar-refractivity contribution < 1.29 is 18.6 Å². The highest BCUT2D eigenvalue weighted by atomic mass is 19.1. The van der Waals surface area contributed by atoms with E-state index in [2.05, 4.69) is 19.1 Å². The maximum absolute atomic E-state index is 15.2. The van der Waals surface area contributed by atoms with Gasteiger partial charge in [-0.15, -0.1) is 0 Å². The van der Waals surface area contributed by atoms with Crippen LogP contribution in [-0.2, 0) is 33.5 Å². The van der Waals surface area contributed by atoms with Gasteiger partial charge in [-0.1, -0.05) is 68.7 Å². The second-order valence-electron chi connectivity index (χ2n) is 9.59. The Morgan fingerprint density at radius 2 is 1.69 bits per heavy atom. The summed E-state index contributed by atoms with van der Waals surface area (Å²) in [5.74, 6) is -0.146. The van der Waals surface area contributed by atoms with Crippen LogP contribution >= 0.6 is 0 Å². The second kappa shape index (κ2) is 13.5. The maximum Gasteiger partial charge on any atom is 0.158 e. The molecule has 1 heterocycles. The van der Waals surface area contributed by atoms with Crippen molar-refractivity contribution in [2.45, 2.75) is 70.7 Å². The van der Waals surface area contributed by atoms with E-state index in [4.69, 9.17) is 19.5 Å². The van der Waals surface area contributed by atoms with Gasteiger partial charge in [-0.2, -0.15) is 5.26 Å². The first-order valence-corrected chi connectivity index (χ1v) is 13.2. The molecule has 3 aromatic carbocycles. The zero-order valence-electron chi connectivity index (χ0n) is 21.2. The van der Waals surface area contributed by atoms with Gasteiger partial charge >= 0.3 is 0 Å². The van der Waals surface area contributed by atoms with E-state index in [1.165, 1.54) is 19.3 Å². The quantitative estimate of drug-likeness (QED) is 0.260. The molecule has 4 rings (SSSR count). The second-order valence-corrected chi connectivity index (χ2v) is 9.59. The number of benzene rings is 3. The summed E-state index contributed by atoms with van der Waals surface area (Å²) in [6.07, 6.45) is 7.52. The highest BCUT2D eigenvalue weighted by Crippen LogP contribution is 2.25. The number of nitrogens with zero attached hydrogens (tertiary/aromatic N) is 1. The number of ether oxygens (including phenoxy) is 3. The average Bonchev–Trinajstić information content (AvgIpc) is 2.92. The van der Waals surface area contributed by atoms with Crippen LogP contribution in [-0.4, -0.2) is 32.2 Å². The first-order chi connectivity index (χ1) is 17.7. The molecule has 0 aromatic heterocycles. The fraction of sp³-hybridized carbons (Fsp3) is 0.452. The topological polar surface area (TPSA) is 51.5 Å². The molecule has 190 valence electrons. The smallest absolute Gasteiger partial charge is 0.158 e. The summed E-state index contributed by atoms with van der Waals surface area (Å²) < 4.78 is 32.8. The van der Waals surface area contributed by atoms with Crippen molar-refractivity contribution in [1.29, 1.82) is 5.26 Å². The lowest BCUT2D eigenvalue weighted by Crippen LogP contribution is -2.37. The zero-order valence-corrected chi connectivity index (χ0v) is 21.2. The van der Waals surface area contributed by atoms with Crippen LogP contribution in [0.5, 0.6) is 0 Å². The number of rotatable bonds is 12. The van der Waals surface area contributed by atoms with Crippen molar-refractivity contribution in [1.82, 2.24) is 0 Å². The first kappa shape index (κ1) is 26.3. The molecule has 0 saturated carbocycles. The van der Waals surface area contributed by atoms with E-state index in [1.54, 1.807) is 12.1 Å². The molecule has 36 heavy (non-hydrogen) atoms. The fourth-order valence-corrected chi connectivity index (χ4v) is 4.61. The van der Waals surface area contributed by atoms with Gasteiger partial charge in [-0.05, 0) is 59.9 Å². The molecule has 0 unspecified atom stereocenters. The van der Waals surface area contributed by atoms with Crippen molar-refractivity contribution in [3.63, 3.8) is 0 Å². The third-order valence-corrected chi connectivity index (χ3v) is 6.82. The summed E-state index contributed by atoms with van der Waals surface area (Å²) in [5, 5.41) is 10.5. The van der Waals surface area contributed by atoms with Gasteiger partial charge in [0.2, 0.25) is 0 Å². The van der Waals surface area contributed by atoms with Gasteiger partial charge in [0.15, 0.2) is 6.29 Å². The maximum atomic E-state index is 15.2. The van der Waals surface area contributed by atoms with Crippen molar-refractivity contribution in [2.75, 3.05) is 19.8 Å². The molecule has 0 radical (unpaired) electrons. The fourth-order valence-electron chi connectivity index (χ4n) is 4.61. The molecule has 0 atom stereocenters. The van der Waals surface area contributed by atoms with Gasteiger partial charge in [-0.3, -0.25) is 0 Å². The third-order valence-electron chi connectivity index (χ3n) is 6.82. The van der Waals surface area contributed by atoms with Crippen LogP contribution in [0.25, 0.3) is 10.8 Å². The largest absolute Gasteiger partial charge is 0.373 e. The molecular formula is C31H36FNO3. The van der Waals surface area contributed by atoms with Crippen LogP contribution in [0.2, 0.25) is 0 Å². The predicted octanol–water partition coefficient (Wildman–Crippen LogP) is 6.91. The Morgan fingerprint density at radius 3 is 2.44 bits per heavy atom. The minimum Gasteiger partial charge on any atom is -0.373 e. The molecule has 4 nitrogen and oxygen atoms in total. The molecule has 1 aliphatic rings. The third kappa shape index (κ3) is 7.36. The van der Waals surface area contributed by atoms with E-state index in [0.717, 1.165) is 48.8 Å². The molecular weight excluding hydrogens is 453 g/mol. The Balaban J connectivity index is 1.25. The molecule has 0 N–H and O–H groups in total. The van der Waals surface area contributed by atoms with E-state index in [9.17, 15) is 0 Å². The van der Waals surface area contributed by atoms with Crippen LogP contribution in [0, 0.1) is 17.1 Å². The zero-order chi connectivity index (χ0) is 25.2. The highest BCUT2D eigenvalue weighted by molar-refractivity contribution is 5.84. The molecule has 0 aliphatic carbocycles. The number of fused-ring (bicyclic) bond motifs is 1. The van der Waals surface area contributed by atoms with E-state index >= 15 is 4.39 Å². The Labute approximate surface area is 214 Å². The standard InChI is InChI=1S/C31H36FNO3/c1-2-3-4-5-18-34-28-21-35-30(36-22-28)17-12-24-11-16-29-27(19-24)15-14-26(31(29)32)13-10-23-6-8-25(20-33)9-7-23/h6-9,11,14-16,19,28,30H,2-5,10,12-13,17-18,21-22H2,1H3. The van der Waals surface area contributed by atoms with Crippen molar-refractivity contribution in [3.05, 3.63) is 82.7 Å².